The molecule has 4 rings (SSSR count). The Bertz CT molecular complexity index is 1090. The van der Waals surface area contributed by atoms with Crippen molar-refractivity contribution in [2.45, 2.75) is 36.0 Å². The first-order valence-electron chi connectivity index (χ1n) is 11.0. The van der Waals surface area contributed by atoms with Gasteiger partial charge in [0.25, 0.3) is 0 Å². The van der Waals surface area contributed by atoms with Gasteiger partial charge in [0.1, 0.15) is 5.75 Å². The molecule has 32 heavy (non-hydrogen) atoms. The topological polar surface area (TPSA) is 82.4 Å². The highest BCUT2D eigenvalue weighted by atomic mass is 35.5. The van der Waals surface area contributed by atoms with Gasteiger partial charge in [-0.2, -0.15) is 5.26 Å². The van der Waals surface area contributed by atoms with Gasteiger partial charge in [-0.3, -0.25) is 4.90 Å². The summed E-state index contributed by atoms with van der Waals surface area (Å²) < 4.78 is 30.9. The Morgan fingerprint density at radius 2 is 1.97 bits per heavy atom. The van der Waals surface area contributed by atoms with E-state index in [1.807, 2.05) is 12.1 Å². The molecule has 2 atom stereocenters. The van der Waals surface area contributed by atoms with Gasteiger partial charge < -0.3 is 10.1 Å². The number of likely N-dealkylation sites (tertiary alicyclic amines) is 1. The maximum absolute atomic E-state index is 12.5. The van der Waals surface area contributed by atoms with Crippen LogP contribution in [-0.4, -0.2) is 57.4 Å². The molecule has 2 aromatic rings. The van der Waals surface area contributed by atoms with Crippen LogP contribution in [0.15, 0.2) is 47.4 Å². The van der Waals surface area contributed by atoms with Crippen LogP contribution in [0.25, 0.3) is 0 Å². The Balaban J connectivity index is 1.28. The minimum absolute atomic E-state index is 0.322. The first-order chi connectivity index (χ1) is 15.4. The quantitative estimate of drug-likeness (QED) is 0.633. The number of nitrogens with zero attached hydrogens (tertiary/aromatic N) is 2. The molecule has 170 valence electrons. The van der Waals surface area contributed by atoms with Crippen LogP contribution >= 0.6 is 11.6 Å². The van der Waals surface area contributed by atoms with Crippen LogP contribution in [0.1, 0.15) is 24.5 Å². The predicted octanol–water partition coefficient (Wildman–Crippen LogP) is 3.29. The molecule has 2 aromatic carbocycles. The first kappa shape index (κ1) is 23.1. The van der Waals surface area contributed by atoms with Crippen LogP contribution in [-0.2, 0) is 16.3 Å². The molecule has 0 aliphatic carbocycles. The highest BCUT2D eigenvalue weighted by Gasteiger charge is 2.32. The fourth-order valence-corrected chi connectivity index (χ4v) is 6.15. The lowest BCUT2D eigenvalue weighted by Gasteiger charge is -2.26. The Labute approximate surface area is 195 Å². The third kappa shape index (κ3) is 5.10. The molecular formula is C24H28ClN3O3S. The van der Waals surface area contributed by atoms with E-state index in [0.717, 1.165) is 31.5 Å². The molecule has 6 nitrogen and oxygen atoms in total. The molecule has 0 unspecified atom stereocenters. The van der Waals surface area contributed by atoms with Crippen molar-refractivity contribution >= 4 is 21.4 Å². The largest absolute Gasteiger partial charge is 0.493 e. The lowest BCUT2D eigenvalue weighted by Crippen LogP contribution is -2.51. The van der Waals surface area contributed by atoms with E-state index < -0.39 is 9.84 Å². The van der Waals surface area contributed by atoms with Gasteiger partial charge in [0.2, 0.25) is 0 Å². The van der Waals surface area contributed by atoms with E-state index in [1.54, 1.807) is 30.3 Å². The summed E-state index contributed by atoms with van der Waals surface area (Å²) in [5.74, 6) is 1.11. The van der Waals surface area contributed by atoms with Gasteiger partial charge in [0.15, 0.2) is 9.84 Å². The molecule has 2 aliphatic heterocycles. The summed E-state index contributed by atoms with van der Waals surface area (Å²) in [6.07, 6.45) is 1.86. The Hall–Kier alpha value is -2.11. The zero-order chi connectivity index (χ0) is 22.7. The molecule has 8 heteroatoms. The minimum atomic E-state index is -3.25. The smallest absolute Gasteiger partial charge is 0.183 e. The fourth-order valence-electron chi connectivity index (χ4n) is 4.40. The van der Waals surface area contributed by atoms with Crippen molar-refractivity contribution in [2.24, 2.45) is 5.92 Å². The summed E-state index contributed by atoms with van der Waals surface area (Å²) in [4.78, 5) is 2.79. The number of hydrogen-bond donors (Lipinski definition) is 1. The van der Waals surface area contributed by atoms with E-state index in [1.165, 1.54) is 0 Å². The average Bonchev–Trinajstić information content (AvgIpc) is 3.09. The van der Waals surface area contributed by atoms with Crippen molar-refractivity contribution in [1.29, 1.82) is 5.26 Å². The van der Waals surface area contributed by atoms with Gasteiger partial charge >= 0.3 is 0 Å². The van der Waals surface area contributed by atoms with Crippen molar-refractivity contribution in [3.05, 3.63) is 58.6 Å². The number of nitriles is 1. The number of hydrogen-bond acceptors (Lipinski definition) is 6. The molecule has 0 amide bonds. The minimum Gasteiger partial charge on any atom is -0.493 e. The van der Waals surface area contributed by atoms with Gasteiger partial charge in [0.05, 0.1) is 28.4 Å². The summed E-state index contributed by atoms with van der Waals surface area (Å²) in [7, 11) is -3.25. The van der Waals surface area contributed by atoms with Crippen molar-refractivity contribution in [3.63, 3.8) is 0 Å². The number of sulfone groups is 1. The van der Waals surface area contributed by atoms with Gasteiger partial charge in [-0.05, 0) is 61.7 Å². The van der Waals surface area contributed by atoms with E-state index in [9.17, 15) is 13.7 Å². The SMILES string of the molecule is C[C@@H]1C[C@H](COc2ccc(S(=O)(=O)C3CNC3)cc2)CN1CCc1ccc(Cl)cc1C#N. The first-order valence-corrected chi connectivity index (χ1v) is 12.9. The Morgan fingerprint density at radius 3 is 2.62 bits per heavy atom. The van der Waals surface area contributed by atoms with Crippen LogP contribution in [0.2, 0.25) is 5.02 Å². The van der Waals surface area contributed by atoms with Crippen LogP contribution in [0.3, 0.4) is 0 Å². The number of rotatable bonds is 8. The standard InChI is InChI=1S/C24H28ClN3O3S/c1-17-10-18(15-28(17)9-8-19-2-3-21(25)11-20(19)12-26)16-31-22-4-6-23(7-5-22)32(29,30)24-13-27-14-24/h2-7,11,17-18,24,27H,8-10,13-16H2,1H3/t17-,18+/m1/s1. The molecule has 2 fully saturated rings. The molecule has 0 aromatic heterocycles. The maximum Gasteiger partial charge on any atom is 0.183 e. The molecule has 0 bridgehead atoms. The van der Waals surface area contributed by atoms with Crippen LogP contribution in [0, 0.1) is 17.2 Å². The Morgan fingerprint density at radius 1 is 1.22 bits per heavy atom. The normalized spacial score (nSPS) is 21.8. The molecule has 0 radical (unpaired) electrons. The molecule has 1 N–H and O–H groups in total. The molecule has 2 aliphatic rings. The van der Waals surface area contributed by atoms with Crippen LogP contribution in [0.5, 0.6) is 5.75 Å². The number of halogens is 1. The van der Waals surface area contributed by atoms with Crippen molar-refractivity contribution in [3.8, 4) is 11.8 Å². The van der Waals surface area contributed by atoms with E-state index in [0.29, 0.717) is 52.9 Å². The highest BCUT2D eigenvalue weighted by Crippen LogP contribution is 2.26. The number of nitrogens with one attached hydrogen (secondary N) is 1. The maximum atomic E-state index is 12.5. The zero-order valence-electron chi connectivity index (χ0n) is 18.1. The summed E-state index contributed by atoms with van der Waals surface area (Å²) in [5, 5.41) is 12.6. The summed E-state index contributed by atoms with van der Waals surface area (Å²) in [6, 6.07) is 15.0. The molecule has 0 spiro atoms. The van der Waals surface area contributed by atoms with Gasteiger partial charge in [-0.1, -0.05) is 17.7 Å². The molecular weight excluding hydrogens is 446 g/mol. The Kier molecular flexibility index (Phi) is 7.06. The van der Waals surface area contributed by atoms with Gasteiger partial charge in [0, 0.05) is 43.2 Å². The van der Waals surface area contributed by atoms with E-state index in [4.69, 9.17) is 16.3 Å². The van der Waals surface area contributed by atoms with E-state index in [2.05, 4.69) is 23.2 Å². The zero-order valence-corrected chi connectivity index (χ0v) is 19.7. The van der Waals surface area contributed by atoms with Gasteiger partial charge in [-0.25, -0.2) is 8.42 Å². The average molecular weight is 474 g/mol. The lowest BCUT2D eigenvalue weighted by atomic mass is 10.1. The van der Waals surface area contributed by atoms with E-state index in [-0.39, 0.29) is 5.25 Å². The summed E-state index contributed by atoms with van der Waals surface area (Å²) >= 11 is 6.00. The molecule has 2 heterocycles. The predicted molar refractivity (Wildman–Crippen MR) is 125 cm³/mol. The number of ether oxygens (including phenoxy) is 1. The fraction of sp³-hybridized carbons (Fsp3) is 0.458. The monoisotopic (exact) mass is 473 g/mol. The van der Waals surface area contributed by atoms with E-state index >= 15 is 0 Å². The second kappa shape index (κ2) is 9.80. The van der Waals surface area contributed by atoms with Gasteiger partial charge in [-0.15, -0.1) is 0 Å². The lowest BCUT2D eigenvalue weighted by molar-refractivity contribution is 0.234. The summed E-state index contributed by atoms with van der Waals surface area (Å²) in [6.45, 7) is 5.69. The van der Waals surface area contributed by atoms with Crippen molar-refractivity contribution in [1.82, 2.24) is 10.2 Å². The second-order valence-electron chi connectivity index (χ2n) is 8.72. The highest BCUT2D eigenvalue weighted by molar-refractivity contribution is 7.92. The second-order valence-corrected chi connectivity index (χ2v) is 11.4. The summed E-state index contributed by atoms with van der Waals surface area (Å²) in [5.41, 5.74) is 1.67. The molecule has 0 saturated carbocycles. The number of benzene rings is 2. The van der Waals surface area contributed by atoms with Crippen LogP contribution < -0.4 is 10.1 Å². The van der Waals surface area contributed by atoms with Crippen LogP contribution in [0.4, 0.5) is 0 Å². The van der Waals surface area contributed by atoms with Crippen molar-refractivity contribution in [2.75, 3.05) is 32.8 Å². The third-order valence-electron chi connectivity index (χ3n) is 6.47. The van der Waals surface area contributed by atoms with Crippen molar-refractivity contribution < 1.29 is 13.2 Å². The molecule has 2 saturated heterocycles. The third-order valence-corrected chi connectivity index (χ3v) is 8.85.